The molecule has 2 heterocycles. The number of amides is 1. The molecular formula is C18H24N4O. The molecule has 5 nitrogen and oxygen atoms in total. The van der Waals surface area contributed by atoms with Gasteiger partial charge in [-0.1, -0.05) is 43.0 Å². The predicted molar refractivity (Wildman–Crippen MR) is 93.2 cm³/mol. The lowest BCUT2D eigenvalue weighted by Gasteiger charge is -2.26. The summed E-state index contributed by atoms with van der Waals surface area (Å²) in [6.45, 7) is 11.0. The molecule has 122 valence electrons. The van der Waals surface area contributed by atoms with Crippen LogP contribution in [-0.4, -0.2) is 47.0 Å². The van der Waals surface area contributed by atoms with Crippen molar-refractivity contribution in [3.63, 3.8) is 0 Å². The van der Waals surface area contributed by atoms with Crippen molar-refractivity contribution in [1.29, 1.82) is 0 Å². The molecule has 0 saturated heterocycles. The van der Waals surface area contributed by atoms with Gasteiger partial charge in [0, 0.05) is 26.2 Å². The minimum Gasteiger partial charge on any atom is -0.349 e. The Bertz CT molecular complexity index is 599. The highest BCUT2D eigenvalue weighted by Crippen LogP contribution is 2.19. The van der Waals surface area contributed by atoms with E-state index in [1.165, 1.54) is 23.7 Å². The van der Waals surface area contributed by atoms with E-state index in [2.05, 4.69) is 39.4 Å². The summed E-state index contributed by atoms with van der Waals surface area (Å²) in [5.74, 6) is -0.110. The Balaban J connectivity index is 1.71. The third-order valence-electron chi connectivity index (χ3n) is 3.87. The second-order valence-electron chi connectivity index (χ2n) is 5.49. The molecule has 0 spiro atoms. The van der Waals surface area contributed by atoms with Gasteiger partial charge >= 0.3 is 0 Å². The zero-order valence-electron chi connectivity index (χ0n) is 13.4. The Hall–Kier alpha value is -2.40. The van der Waals surface area contributed by atoms with Gasteiger partial charge in [0.15, 0.2) is 0 Å². The van der Waals surface area contributed by atoms with Crippen molar-refractivity contribution in [3.05, 3.63) is 66.8 Å². The summed E-state index contributed by atoms with van der Waals surface area (Å²) < 4.78 is 0. The number of allylic oxidation sites excluding steroid dienone is 4. The Kier molecular flexibility index (Phi) is 6.56. The smallest absolute Gasteiger partial charge is 0.269 e. The van der Waals surface area contributed by atoms with Crippen molar-refractivity contribution in [1.82, 2.24) is 20.2 Å². The zero-order valence-corrected chi connectivity index (χ0v) is 13.4. The first kappa shape index (κ1) is 17.0. The molecule has 1 aromatic heterocycles. The number of nitrogens with one attached hydrogen (secondary N) is 2. The number of aromatic nitrogens is 2. The van der Waals surface area contributed by atoms with E-state index in [-0.39, 0.29) is 5.91 Å². The molecule has 1 aliphatic heterocycles. The maximum Gasteiger partial charge on any atom is 0.269 e. The van der Waals surface area contributed by atoms with E-state index in [9.17, 15) is 4.79 Å². The van der Waals surface area contributed by atoms with Gasteiger partial charge in [-0.15, -0.1) is 0 Å². The summed E-state index contributed by atoms with van der Waals surface area (Å²) in [5.41, 5.74) is 3.14. The van der Waals surface area contributed by atoms with Crippen molar-refractivity contribution < 1.29 is 4.79 Å². The quantitative estimate of drug-likeness (QED) is 0.572. The van der Waals surface area contributed by atoms with E-state index in [0.717, 1.165) is 32.5 Å². The Morgan fingerprint density at radius 2 is 2.35 bits per heavy atom. The average molecular weight is 312 g/mol. The second-order valence-corrected chi connectivity index (χ2v) is 5.49. The van der Waals surface area contributed by atoms with Crippen molar-refractivity contribution in [3.8, 4) is 0 Å². The molecule has 1 aliphatic rings. The molecule has 2 rings (SSSR count). The number of H-pyrrole nitrogens is 1. The molecule has 0 unspecified atom stereocenters. The summed E-state index contributed by atoms with van der Waals surface area (Å²) in [6, 6.07) is 0. The minimum absolute atomic E-state index is 0.110. The van der Waals surface area contributed by atoms with Gasteiger partial charge in [0.25, 0.3) is 5.91 Å². The van der Waals surface area contributed by atoms with Crippen LogP contribution < -0.4 is 5.32 Å². The first-order valence-corrected chi connectivity index (χ1v) is 7.83. The Morgan fingerprint density at radius 1 is 1.48 bits per heavy atom. The van der Waals surface area contributed by atoms with E-state index in [1.54, 1.807) is 6.08 Å². The number of hydrogen-bond donors (Lipinski definition) is 2. The second kappa shape index (κ2) is 8.90. The summed E-state index contributed by atoms with van der Waals surface area (Å²) >= 11 is 0. The molecule has 0 radical (unpaired) electrons. The van der Waals surface area contributed by atoms with Gasteiger partial charge in [0.1, 0.15) is 5.69 Å². The van der Waals surface area contributed by atoms with Gasteiger partial charge in [-0.25, -0.2) is 4.98 Å². The molecule has 0 atom stereocenters. The van der Waals surface area contributed by atoms with Crippen molar-refractivity contribution in [2.45, 2.75) is 12.8 Å². The first-order chi connectivity index (χ1) is 11.2. The lowest BCUT2D eigenvalue weighted by atomic mass is 9.99. The van der Waals surface area contributed by atoms with E-state index < -0.39 is 0 Å². The van der Waals surface area contributed by atoms with E-state index >= 15 is 0 Å². The molecule has 0 aliphatic carbocycles. The number of nitrogens with zero attached hydrogens (tertiary/aromatic N) is 2. The van der Waals surface area contributed by atoms with Crippen LogP contribution in [0.4, 0.5) is 0 Å². The van der Waals surface area contributed by atoms with Gasteiger partial charge < -0.3 is 10.3 Å². The third-order valence-corrected chi connectivity index (χ3v) is 3.87. The SMILES string of the molecule is C=C/C=C(\C=C)CC1=CCN(CCNC(=O)c2cnc[nH]2)CC1. The molecule has 5 heteroatoms. The number of hydrogen-bond acceptors (Lipinski definition) is 3. The first-order valence-electron chi connectivity index (χ1n) is 7.83. The normalized spacial score (nSPS) is 15.8. The molecule has 23 heavy (non-hydrogen) atoms. The van der Waals surface area contributed by atoms with Crippen LogP contribution in [0.2, 0.25) is 0 Å². The van der Waals surface area contributed by atoms with Crippen LogP contribution in [0, 0.1) is 0 Å². The highest BCUT2D eigenvalue weighted by molar-refractivity contribution is 5.91. The molecule has 0 bridgehead atoms. The van der Waals surface area contributed by atoms with E-state index in [0.29, 0.717) is 12.2 Å². The van der Waals surface area contributed by atoms with E-state index in [1.807, 2.05) is 12.2 Å². The lowest BCUT2D eigenvalue weighted by Crippen LogP contribution is -2.37. The predicted octanol–water partition coefficient (Wildman–Crippen LogP) is 2.46. The zero-order chi connectivity index (χ0) is 16.5. The van der Waals surface area contributed by atoms with Crippen LogP contribution in [0.15, 0.2) is 61.1 Å². The summed E-state index contributed by atoms with van der Waals surface area (Å²) in [7, 11) is 0. The number of imidazole rings is 1. The number of carbonyl (C=O) groups excluding carboxylic acids is 1. The summed E-state index contributed by atoms with van der Waals surface area (Å²) in [4.78, 5) is 20.8. The highest BCUT2D eigenvalue weighted by Gasteiger charge is 2.12. The molecule has 0 saturated carbocycles. The maximum absolute atomic E-state index is 11.8. The van der Waals surface area contributed by atoms with Gasteiger partial charge in [0.05, 0.1) is 12.5 Å². The van der Waals surface area contributed by atoms with Crippen molar-refractivity contribution in [2.75, 3.05) is 26.2 Å². The standard InChI is InChI=1S/C18H24N4O/c1-3-5-15(4-2)12-16-6-9-22(10-7-16)11-8-20-18(23)17-13-19-14-21-17/h3-6,13-14H,1-2,7-12H2,(H,19,21)(H,20,23)/b15-5+. The van der Waals surface area contributed by atoms with Crippen LogP contribution in [0.25, 0.3) is 0 Å². The molecule has 1 aromatic rings. The molecule has 1 amide bonds. The molecular weight excluding hydrogens is 288 g/mol. The van der Waals surface area contributed by atoms with Crippen LogP contribution in [0.1, 0.15) is 23.3 Å². The number of rotatable bonds is 8. The van der Waals surface area contributed by atoms with Gasteiger partial charge in [-0.2, -0.15) is 0 Å². The summed E-state index contributed by atoms with van der Waals surface area (Å²) in [6.07, 6.45) is 13.0. The molecule has 2 N–H and O–H groups in total. The lowest BCUT2D eigenvalue weighted by molar-refractivity contribution is 0.0944. The van der Waals surface area contributed by atoms with Crippen molar-refractivity contribution >= 4 is 5.91 Å². The highest BCUT2D eigenvalue weighted by atomic mass is 16.1. The van der Waals surface area contributed by atoms with Gasteiger partial charge in [-0.3, -0.25) is 9.69 Å². The number of aromatic amines is 1. The summed E-state index contributed by atoms with van der Waals surface area (Å²) in [5, 5.41) is 2.90. The largest absolute Gasteiger partial charge is 0.349 e. The van der Waals surface area contributed by atoms with Gasteiger partial charge in [0.2, 0.25) is 0 Å². The minimum atomic E-state index is -0.110. The fourth-order valence-electron chi connectivity index (χ4n) is 2.53. The fourth-order valence-corrected chi connectivity index (χ4v) is 2.53. The Labute approximate surface area is 137 Å². The third kappa shape index (κ3) is 5.38. The average Bonchev–Trinajstić information content (AvgIpc) is 3.10. The Morgan fingerprint density at radius 3 is 2.96 bits per heavy atom. The molecule has 0 fully saturated rings. The monoisotopic (exact) mass is 312 g/mol. The molecule has 0 aromatic carbocycles. The maximum atomic E-state index is 11.8. The van der Waals surface area contributed by atoms with Crippen LogP contribution in [0.5, 0.6) is 0 Å². The van der Waals surface area contributed by atoms with Crippen LogP contribution >= 0.6 is 0 Å². The number of carbonyl (C=O) groups is 1. The van der Waals surface area contributed by atoms with E-state index in [4.69, 9.17) is 0 Å². The fraction of sp³-hybridized carbons (Fsp3) is 0.333. The van der Waals surface area contributed by atoms with Gasteiger partial charge in [-0.05, 0) is 18.4 Å². The topological polar surface area (TPSA) is 61.0 Å². The van der Waals surface area contributed by atoms with Crippen LogP contribution in [0.3, 0.4) is 0 Å². The van der Waals surface area contributed by atoms with Crippen LogP contribution in [-0.2, 0) is 0 Å². The van der Waals surface area contributed by atoms with Crippen molar-refractivity contribution in [2.24, 2.45) is 0 Å².